The normalized spacial score (nSPS) is 20.2. The molecular weight excluding hydrogens is 324 g/mol. The monoisotopic (exact) mass is 342 g/mol. The molecular formula is C17H18N4O2S. The van der Waals surface area contributed by atoms with Crippen LogP contribution in [0.2, 0.25) is 0 Å². The number of aromatic nitrogens is 1. The lowest BCUT2D eigenvalue weighted by molar-refractivity contribution is -0.130. The summed E-state index contributed by atoms with van der Waals surface area (Å²) in [4.78, 5) is 32.1. The van der Waals surface area contributed by atoms with Crippen molar-refractivity contribution in [3.63, 3.8) is 0 Å². The fourth-order valence-electron chi connectivity index (χ4n) is 3.31. The summed E-state index contributed by atoms with van der Waals surface area (Å²) in [5.74, 6) is 0.220. The number of urea groups is 1. The molecule has 1 aromatic heterocycles. The molecule has 0 saturated carbocycles. The lowest BCUT2D eigenvalue weighted by Crippen LogP contribution is -2.54. The molecule has 2 aliphatic heterocycles. The number of rotatable bonds is 2. The maximum absolute atomic E-state index is 12.5. The van der Waals surface area contributed by atoms with Gasteiger partial charge < -0.3 is 15.1 Å². The zero-order valence-corrected chi connectivity index (χ0v) is 14.0. The summed E-state index contributed by atoms with van der Waals surface area (Å²) in [7, 11) is 0. The van der Waals surface area contributed by atoms with E-state index in [9.17, 15) is 9.59 Å². The Kier molecular flexibility index (Phi) is 3.93. The number of thiazole rings is 1. The van der Waals surface area contributed by atoms with Crippen molar-refractivity contribution in [2.24, 2.45) is 0 Å². The van der Waals surface area contributed by atoms with Gasteiger partial charge in [-0.1, -0.05) is 0 Å². The predicted octanol–water partition coefficient (Wildman–Crippen LogP) is 2.65. The molecule has 24 heavy (non-hydrogen) atoms. The minimum absolute atomic E-state index is 0.101. The molecule has 2 aliphatic rings. The molecule has 2 saturated heterocycles. The molecule has 7 heteroatoms. The lowest BCUT2D eigenvalue weighted by atomic mass is 10.1. The summed E-state index contributed by atoms with van der Waals surface area (Å²) in [6, 6.07) is 7.79. The van der Waals surface area contributed by atoms with Crippen LogP contribution >= 0.6 is 11.3 Å². The van der Waals surface area contributed by atoms with Crippen molar-refractivity contribution in [1.82, 2.24) is 14.8 Å². The Morgan fingerprint density at radius 1 is 1.25 bits per heavy atom. The van der Waals surface area contributed by atoms with Crippen molar-refractivity contribution in [2.75, 3.05) is 25.0 Å². The highest BCUT2D eigenvalue weighted by Gasteiger charge is 2.36. The highest BCUT2D eigenvalue weighted by atomic mass is 32.1. The molecule has 1 atom stereocenters. The van der Waals surface area contributed by atoms with Crippen LogP contribution in [0.3, 0.4) is 0 Å². The second kappa shape index (κ2) is 6.24. The minimum atomic E-state index is -0.101. The molecule has 4 rings (SSSR count). The SMILES string of the molecule is O=C(Nc1ccc(-c2nccs2)cc1)N1CCN2C(=O)CCC2C1. The maximum Gasteiger partial charge on any atom is 0.321 e. The molecule has 124 valence electrons. The number of hydrogen-bond acceptors (Lipinski definition) is 4. The van der Waals surface area contributed by atoms with Gasteiger partial charge in [0.15, 0.2) is 0 Å². The Morgan fingerprint density at radius 3 is 2.83 bits per heavy atom. The zero-order valence-electron chi connectivity index (χ0n) is 13.1. The number of hydrogen-bond donors (Lipinski definition) is 1. The highest BCUT2D eigenvalue weighted by molar-refractivity contribution is 7.13. The largest absolute Gasteiger partial charge is 0.336 e. The van der Waals surface area contributed by atoms with Gasteiger partial charge >= 0.3 is 6.03 Å². The van der Waals surface area contributed by atoms with Crippen molar-refractivity contribution < 1.29 is 9.59 Å². The first-order valence-electron chi connectivity index (χ1n) is 8.06. The van der Waals surface area contributed by atoms with Crippen molar-refractivity contribution in [1.29, 1.82) is 0 Å². The van der Waals surface area contributed by atoms with Gasteiger partial charge in [0.1, 0.15) is 5.01 Å². The molecule has 2 fully saturated rings. The second-order valence-corrected chi connectivity index (χ2v) is 6.96. The molecule has 0 spiro atoms. The standard InChI is InChI=1S/C17H18N4O2S/c22-15-6-5-14-11-20(8-9-21(14)15)17(23)19-13-3-1-12(2-4-13)16-18-7-10-24-16/h1-4,7,10,14H,5-6,8-9,11H2,(H,19,23). The van der Waals surface area contributed by atoms with Crippen molar-refractivity contribution in [3.05, 3.63) is 35.8 Å². The molecule has 3 amide bonds. The summed E-state index contributed by atoms with van der Waals surface area (Å²) < 4.78 is 0. The third-order valence-electron chi connectivity index (χ3n) is 4.60. The number of piperazine rings is 1. The zero-order chi connectivity index (χ0) is 16.5. The van der Waals surface area contributed by atoms with Crippen LogP contribution in [0.4, 0.5) is 10.5 Å². The number of nitrogens with zero attached hydrogens (tertiary/aromatic N) is 3. The number of fused-ring (bicyclic) bond motifs is 1. The van der Waals surface area contributed by atoms with Gasteiger partial charge in [0.2, 0.25) is 5.91 Å². The van der Waals surface area contributed by atoms with E-state index in [2.05, 4.69) is 10.3 Å². The number of benzene rings is 1. The third-order valence-corrected chi connectivity index (χ3v) is 5.42. The van der Waals surface area contributed by atoms with Crippen molar-refractivity contribution >= 4 is 29.0 Å². The van der Waals surface area contributed by atoms with Crippen LogP contribution in [0.15, 0.2) is 35.8 Å². The van der Waals surface area contributed by atoms with Crippen LogP contribution in [0, 0.1) is 0 Å². The fraction of sp³-hybridized carbons (Fsp3) is 0.353. The van der Waals surface area contributed by atoms with E-state index in [0.717, 1.165) is 22.7 Å². The minimum Gasteiger partial charge on any atom is -0.336 e. The lowest BCUT2D eigenvalue weighted by Gasteiger charge is -2.37. The first-order chi connectivity index (χ1) is 11.7. The Bertz CT molecular complexity index is 744. The molecule has 1 aromatic carbocycles. The van der Waals surface area contributed by atoms with E-state index in [-0.39, 0.29) is 18.0 Å². The van der Waals surface area contributed by atoms with Gasteiger partial charge in [-0.15, -0.1) is 11.3 Å². The van der Waals surface area contributed by atoms with Crippen molar-refractivity contribution in [3.8, 4) is 10.6 Å². The van der Waals surface area contributed by atoms with Gasteiger partial charge in [-0.2, -0.15) is 0 Å². The molecule has 0 aliphatic carbocycles. The Morgan fingerprint density at radius 2 is 2.08 bits per heavy atom. The van der Waals surface area contributed by atoms with E-state index in [4.69, 9.17) is 0 Å². The van der Waals surface area contributed by atoms with Crippen LogP contribution in [0.1, 0.15) is 12.8 Å². The number of amides is 3. The van der Waals surface area contributed by atoms with Gasteiger partial charge in [-0.3, -0.25) is 4.79 Å². The summed E-state index contributed by atoms with van der Waals surface area (Å²) >= 11 is 1.59. The third kappa shape index (κ3) is 2.87. The summed E-state index contributed by atoms with van der Waals surface area (Å²) in [5, 5.41) is 5.85. The number of carbonyl (C=O) groups excluding carboxylic acids is 2. The van der Waals surface area contributed by atoms with E-state index < -0.39 is 0 Å². The van der Waals surface area contributed by atoms with Crippen LogP contribution in [0.5, 0.6) is 0 Å². The van der Waals surface area contributed by atoms with Gasteiger partial charge in [0.25, 0.3) is 0 Å². The summed E-state index contributed by atoms with van der Waals surface area (Å²) in [6.45, 7) is 1.85. The van der Waals surface area contributed by atoms with Crippen LogP contribution in [0.25, 0.3) is 10.6 Å². The molecule has 2 aromatic rings. The van der Waals surface area contributed by atoms with Crippen LogP contribution in [-0.2, 0) is 4.79 Å². The van der Waals surface area contributed by atoms with E-state index in [0.29, 0.717) is 26.1 Å². The molecule has 1 N–H and O–H groups in total. The molecule has 0 bridgehead atoms. The van der Waals surface area contributed by atoms with E-state index in [1.807, 2.05) is 34.5 Å². The smallest absolute Gasteiger partial charge is 0.321 e. The highest BCUT2D eigenvalue weighted by Crippen LogP contribution is 2.25. The van der Waals surface area contributed by atoms with Crippen LogP contribution in [-0.4, -0.2) is 52.4 Å². The second-order valence-electron chi connectivity index (χ2n) is 6.07. The van der Waals surface area contributed by atoms with Gasteiger partial charge in [-0.25, -0.2) is 9.78 Å². The van der Waals surface area contributed by atoms with E-state index in [1.54, 1.807) is 22.4 Å². The predicted molar refractivity (Wildman–Crippen MR) is 92.9 cm³/mol. The van der Waals surface area contributed by atoms with Crippen LogP contribution < -0.4 is 5.32 Å². The maximum atomic E-state index is 12.5. The number of anilines is 1. The first-order valence-corrected chi connectivity index (χ1v) is 8.94. The Balaban J connectivity index is 1.38. The molecule has 0 radical (unpaired) electrons. The average molecular weight is 342 g/mol. The van der Waals surface area contributed by atoms with Crippen molar-refractivity contribution in [2.45, 2.75) is 18.9 Å². The number of nitrogens with one attached hydrogen (secondary N) is 1. The van der Waals surface area contributed by atoms with Gasteiger partial charge in [0.05, 0.1) is 0 Å². The first kappa shape index (κ1) is 15.1. The number of carbonyl (C=O) groups is 2. The summed E-state index contributed by atoms with van der Waals surface area (Å²) in [6.07, 6.45) is 3.24. The molecule has 6 nitrogen and oxygen atoms in total. The fourth-order valence-corrected chi connectivity index (χ4v) is 3.96. The van der Waals surface area contributed by atoms with Gasteiger partial charge in [0, 0.05) is 54.9 Å². The Hall–Kier alpha value is -2.41. The molecule has 3 heterocycles. The van der Waals surface area contributed by atoms with E-state index >= 15 is 0 Å². The van der Waals surface area contributed by atoms with Gasteiger partial charge in [-0.05, 0) is 30.7 Å². The topological polar surface area (TPSA) is 65.5 Å². The molecule has 1 unspecified atom stereocenters. The summed E-state index contributed by atoms with van der Waals surface area (Å²) in [5.41, 5.74) is 1.81. The average Bonchev–Trinajstić information content (AvgIpc) is 3.26. The quantitative estimate of drug-likeness (QED) is 0.912. The Labute approximate surface area is 144 Å². The van der Waals surface area contributed by atoms with E-state index in [1.165, 1.54) is 0 Å².